The van der Waals surface area contributed by atoms with E-state index in [4.69, 9.17) is 9.52 Å². The molecule has 0 aliphatic rings. The molecule has 2 aromatic rings. The topological polar surface area (TPSA) is 70.8 Å². The molecule has 5 heteroatoms. The predicted molar refractivity (Wildman–Crippen MR) is 69.9 cm³/mol. The molecule has 1 aromatic heterocycles. The van der Waals surface area contributed by atoms with E-state index in [-0.39, 0.29) is 18.9 Å². The molecule has 0 saturated heterocycles. The molecule has 0 aliphatic carbocycles. The van der Waals surface area contributed by atoms with E-state index in [1.807, 2.05) is 25.1 Å². The monoisotopic (exact) mass is 261 g/mol. The van der Waals surface area contributed by atoms with Crippen LogP contribution in [0.25, 0.3) is 11.0 Å². The van der Waals surface area contributed by atoms with Gasteiger partial charge in [0.1, 0.15) is 12.1 Å². The highest BCUT2D eigenvalue weighted by Gasteiger charge is 2.15. The Morgan fingerprint density at radius 3 is 2.79 bits per heavy atom. The first kappa shape index (κ1) is 13.1. The first-order valence-corrected chi connectivity index (χ1v) is 5.90. The summed E-state index contributed by atoms with van der Waals surface area (Å²) < 4.78 is 5.40. The van der Waals surface area contributed by atoms with Gasteiger partial charge in [0.2, 0.25) is 5.91 Å². The molecule has 1 amide bonds. The molecular weight excluding hydrogens is 246 g/mol. The number of carbonyl (C=O) groups excluding carboxylic acids is 1. The number of amides is 1. The number of carboxylic acid groups (broad SMARTS) is 1. The van der Waals surface area contributed by atoms with Gasteiger partial charge in [-0.25, -0.2) is 0 Å². The Bertz CT molecular complexity index is 629. The van der Waals surface area contributed by atoms with Crippen LogP contribution in [0.2, 0.25) is 0 Å². The van der Waals surface area contributed by atoms with Gasteiger partial charge >= 0.3 is 5.97 Å². The maximum Gasteiger partial charge on any atom is 0.323 e. The van der Waals surface area contributed by atoms with Crippen LogP contribution in [0.1, 0.15) is 11.1 Å². The first-order chi connectivity index (χ1) is 8.97. The Kier molecular flexibility index (Phi) is 3.55. The Morgan fingerprint density at radius 1 is 1.37 bits per heavy atom. The standard InChI is InChI=1S/C14H15NO4/c1-9-3-4-11-10(8-19-12(11)5-9)6-13(16)15(2)7-14(17)18/h3-5,8H,6-7H2,1-2H3,(H,17,18). The summed E-state index contributed by atoms with van der Waals surface area (Å²) in [7, 11) is 1.48. The van der Waals surface area contributed by atoms with Crippen molar-refractivity contribution < 1.29 is 19.1 Å². The lowest BCUT2D eigenvalue weighted by molar-refractivity contribution is -0.143. The van der Waals surface area contributed by atoms with Gasteiger partial charge in [0.25, 0.3) is 0 Å². The second-order valence-electron chi connectivity index (χ2n) is 4.58. The maximum atomic E-state index is 11.9. The second kappa shape index (κ2) is 5.14. The van der Waals surface area contributed by atoms with Gasteiger partial charge in [-0.2, -0.15) is 0 Å². The van der Waals surface area contributed by atoms with Gasteiger partial charge < -0.3 is 14.4 Å². The minimum absolute atomic E-state index is 0.139. The predicted octanol–water partition coefficient (Wildman–Crippen LogP) is 1.83. The van der Waals surface area contributed by atoms with Crippen molar-refractivity contribution in [2.75, 3.05) is 13.6 Å². The Balaban J connectivity index is 2.17. The van der Waals surface area contributed by atoms with E-state index in [1.165, 1.54) is 11.9 Å². The van der Waals surface area contributed by atoms with Crippen molar-refractivity contribution in [1.82, 2.24) is 4.90 Å². The molecule has 0 spiro atoms. The quantitative estimate of drug-likeness (QED) is 0.911. The van der Waals surface area contributed by atoms with E-state index in [9.17, 15) is 9.59 Å². The number of furan rings is 1. The number of rotatable bonds is 4. The lowest BCUT2D eigenvalue weighted by Gasteiger charge is -2.13. The minimum atomic E-state index is -1.02. The number of likely N-dealkylation sites (N-methyl/N-ethyl adjacent to an activating group) is 1. The summed E-state index contributed by atoms with van der Waals surface area (Å²) in [6, 6.07) is 5.77. The number of fused-ring (bicyclic) bond motifs is 1. The molecule has 0 atom stereocenters. The number of hydrogen-bond acceptors (Lipinski definition) is 3. The van der Waals surface area contributed by atoms with Crippen molar-refractivity contribution in [2.45, 2.75) is 13.3 Å². The summed E-state index contributed by atoms with van der Waals surface area (Å²) in [5.41, 5.74) is 2.60. The average Bonchev–Trinajstić information content (AvgIpc) is 2.70. The zero-order valence-corrected chi connectivity index (χ0v) is 10.8. The van der Waals surface area contributed by atoms with E-state index in [0.29, 0.717) is 0 Å². The van der Waals surface area contributed by atoms with Gasteiger partial charge in [-0.05, 0) is 18.6 Å². The molecule has 19 heavy (non-hydrogen) atoms. The number of nitrogens with zero attached hydrogens (tertiary/aromatic N) is 1. The number of carbonyl (C=O) groups is 2. The minimum Gasteiger partial charge on any atom is -0.480 e. The lowest BCUT2D eigenvalue weighted by Crippen LogP contribution is -2.32. The fourth-order valence-electron chi connectivity index (χ4n) is 1.92. The number of benzene rings is 1. The van der Waals surface area contributed by atoms with Crippen molar-refractivity contribution >= 4 is 22.8 Å². The van der Waals surface area contributed by atoms with Gasteiger partial charge in [0, 0.05) is 18.0 Å². The molecule has 1 heterocycles. The zero-order valence-electron chi connectivity index (χ0n) is 10.8. The highest BCUT2D eigenvalue weighted by atomic mass is 16.4. The lowest BCUT2D eigenvalue weighted by atomic mass is 10.1. The molecule has 1 aromatic carbocycles. The molecule has 5 nitrogen and oxygen atoms in total. The average molecular weight is 261 g/mol. The molecule has 2 rings (SSSR count). The number of hydrogen-bond donors (Lipinski definition) is 1. The van der Waals surface area contributed by atoms with Crippen LogP contribution < -0.4 is 0 Å². The molecule has 1 N–H and O–H groups in total. The summed E-state index contributed by atoms with van der Waals surface area (Å²) >= 11 is 0. The van der Waals surface area contributed by atoms with Gasteiger partial charge in [-0.1, -0.05) is 12.1 Å². The molecule has 0 saturated carbocycles. The highest BCUT2D eigenvalue weighted by molar-refractivity contribution is 5.89. The summed E-state index contributed by atoms with van der Waals surface area (Å²) in [6.07, 6.45) is 1.69. The van der Waals surface area contributed by atoms with Crippen molar-refractivity contribution in [3.8, 4) is 0 Å². The number of aryl methyl sites for hydroxylation is 1. The molecule has 0 aliphatic heterocycles. The Morgan fingerprint density at radius 2 is 2.11 bits per heavy atom. The fourth-order valence-corrected chi connectivity index (χ4v) is 1.92. The molecule has 100 valence electrons. The zero-order chi connectivity index (χ0) is 14.0. The number of aliphatic carboxylic acids is 1. The van der Waals surface area contributed by atoms with E-state index >= 15 is 0 Å². The van der Waals surface area contributed by atoms with Gasteiger partial charge in [-0.3, -0.25) is 9.59 Å². The van der Waals surface area contributed by atoms with Crippen molar-refractivity contribution in [3.05, 3.63) is 35.6 Å². The van der Waals surface area contributed by atoms with Crippen LogP contribution >= 0.6 is 0 Å². The Labute approximate surface area is 110 Å². The van der Waals surface area contributed by atoms with Crippen LogP contribution in [0.15, 0.2) is 28.9 Å². The first-order valence-electron chi connectivity index (χ1n) is 5.90. The summed E-state index contributed by atoms with van der Waals surface area (Å²) in [6.45, 7) is 1.67. The van der Waals surface area contributed by atoms with E-state index in [0.717, 1.165) is 22.1 Å². The highest BCUT2D eigenvalue weighted by Crippen LogP contribution is 2.23. The largest absolute Gasteiger partial charge is 0.480 e. The molecule has 0 radical (unpaired) electrons. The van der Waals surface area contributed by atoms with E-state index < -0.39 is 5.97 Å². The van der Waals surface area contributed by atoms with Crippen molar-refractivity contribution in [2.24, 2.45) is 0 Å². The Hall–Kier alpha value is -2.30. The smallest absolute Gasteiger partial charge is 0.323 e. The van der Waals surface area contributed by atoms with Crippen LogP contribution in [-0.2, 0) is 16.0 Å². The van der Waals surface area contributed by atoms with Gasteiger partial charge in [-0.15, -0.1) is 0 Å². The third-order valence-corrected chi connectivity index (χ3v) is 2.95. The second-order valence-corrected chi connectivity index (χ2v) is 4.58. The maximum absolute atomic E-state index is 11.9. The van der Waals surface area contributed by atoms with E-state index in [2.05, 4.69) is 0 Å². The van der Waals surface area contributed by atoms with Gasteiger partial charge in [0.05, 0.1) is 12.7 Å². The molecule has 0 unspecified atom stereocenters. The van der Waals surface area contributed by atoms with Crippen LogP contribution in [0.5, 0.6) is 0 Å². The van der Waals surface area contributed by atoms with Crippen LogP contribution in [0.4, 0.5) is 0 Å². The normalized spacial score (nSPS) is 10.6. The van der Waals surface area contributed by atoms with Crippen molar-refractivity contribution in [3.63, 3.8) is 0 Å². The third-order valence-electron chi connectivity index (χ3n) is 2.95. The van der Waals surface area contributed by atoms with Crippen LogP contribution in [0.3, 0.4) is 0 Å². The SMILES string of the molecule is Cc1ccc2c(CC(=O)N(C)CC(=O)O)coc2c1. The number of carboxylic acids is 1. The summed E-state index contributed by atoms with van der Waals surface area (Å²) in [4.78, 5) is 23.6. The van der Waals surface area contributed by atoms with E-state index in [1.54, 1.807) is 6.26 Å². The van der Waals surface area contributed by atoms with Crippen LogP contribution in [0, 0.1) is 6.92 Å². The van der Waals surface area contributed by atoms with Gasteiger partial charge in [0.15, 0.2) is 0 Å². The molecular formula is C14H15NO4. The van der Waals surface area contributed by atoms with Crippen molar-refractivity contribution in [1.29, 1.82) is 0 Å². The van der Waals surface area contributed by atoms with Crippen LogP contribution in [-0.4, -0.2) is 35.5 Å². The summed E-state index contributed by atoms with van der Waals surface area (Å²) in [5, 5.41) is 9.54. The fraction of sp³-hybridized carbons (Fsp3) is 0.286. The summed E-state index contributed by atoms with van der Waals surface area (Å²) in [5.74, 6) is -1.27. The third kappa shape index (κ3) is 2.93. The molecule has 0 fully saturated rings. The molecule has 0 bridgehead atoms.